The first kappa shape index (κ1) is 30.0. The number of aliphatic hydroxyl groups excluding tert-OH is 1. The molecule has 3 amide bonds. The van der Waals surface area contributed by atoms with Crippen LogP contribution in [-0.4, -0.2) is 78.7 Å². The number of aliphatic hydroxyl groups is 1. The molecule has 0 radical (unpaired) electrons. The molecule has 3 aromatic rings. The number of nitrogens with zero attached hydrogens (tertiary/aromatic N) is 3. The van der Waals surface area contributed by atoms with Crippen LogP contribution in [0, 0.1) is 19.8 Å². The van der Waals surface area contributed by atoms with E-state index in [4.69, 9.17) is 9.26 Å². The maximum Gasteiger partial charge on any atom is 0.323 e. The van der Waals surface area contributed by atoms with Crippen LogP contribution in [0.25, 0.3) is 0 Å². The quantitative estimate of drug-likeness (QED) is 0.363. The molecule has 0 unspecified atom stereocenters. The van der Waals surface area contributed by atoms with Crippen molar-refractivity contribution in [1.82, 2.24) is 14.4 Å². The lowest BCUT2D eigenvalue weighted by atomic mass is 9.99. The Labute approximate surface area is 239 Å². The molecule has 0 fully saturated rings. The molecule has 0 spiro atoms. The molecule has 4 rings (SSSR count). The molecular weight excluding hydrogens is 550 g/mol. The molecule has 1 aromatic heterocycles. The van der Waals surface area contributed by atoms with Crippen molar-refractivity contribution in [3.05, 3.63) is 65.5 Å². The van der Waals surface area contributed by atoms with Gasteiger partial charge < -0.3 is 29.9 Å². The first-order chi connectivity index (χ1) is 19.4. The van der Waals surface area contributed by atoms with Crippen molar-refractivity contribution in [2.75, 3.05) is 37.4 Å². The standard InChI is InChI=1S/C28H35N5O7S/c1-17-14-33(18(2)16-34)27(35)22-12-9-13-23(30-28(36)29-21-10-7-6-8-11-21)25(22)39-24(17)15-32(5)41(37,38)26-19(3)31-40-20(26)4/h6-13,17-18,24,34H,14-16H2,1-5H3,(H2,29,30,36)/t17-,18+,24+/m0/s1. The van der Waals surface area contributed by atoms with Crippen molar-refractivity contribution in [1.29, 1.82) is 0 Å². The average Bonchev–Trinajstić information content (AvgIpc) is 3.29. The highest BCUT2D eigenvalue weighted by Crippen LogP contribution is 2.35. The predicted octanol–water partition coefficient (Wildman–Crippen LogP) is 3.48. The van der Waals surface area contributed by atoms with Crippen LogP contribution in [0.2, 0.25) is 0 Å². The van der Waals surface area contributed by atoms with Gasteiger partial charge in [0.25, 0.3) is 5.91 Å². The fraction of sp³-hybridized carbons (Fsp3) is 0.393. The Kier molecular flexibility index (Phi) is 9.00. The molecule has 0 saturated carbocycles. The van der Waals surface area contributed by atoms with Gasteiger partial charge in [-0.2, -0.15) is 4.31 Å². The smallest absolute Gasteiger partial charge is 0.323 e. The van der Waals surface area contributed by atoms with Crippen LogP contribution < -0.4 is 15.4 Å². The van der Waals surface area contributed by atoms with Crippen LogP contribution in [0.4, 0.5) is 16.2 Å². The number of likely N-dealkylation sites (N-methyl/N-ethyl adjacent to an activating group) is 1. The Morgan fingerprint density at radius 2 is 1.88 bits per heavy atom. The summed E-state index contributed by atoms with van der Waals surface area (Å²) in [6, 6.07) is 12.6. The van der Waals surface area contributed by atoms with Gasteiger partial charge in [0.05, 0.1) is 30.4 Å². The predicted molar refractivity (Wildman–Crippen MR) is 152 cm³/mol. The zero-order valence-corrected chi connectivity index (χ0v) is 24.4. The second-order valence-electron chi connectivity index (χ2n) is 10.2. The number of anilines is 2. The second kappa shape index (κ2) is 12.3. The van der Waals surface area contributed by atoms with Gasteiger partial charge in [-0.3, -0.25) is 4.79 Å². The van der Waals surface area contributed by atoms with E-state index in [0.29, 0.717) is 5.69 Å². The van der Waals surface area contributed by atoms with Crippen molar-refractivity contribution < 1.29 is 32.4 Å². The highest BCUT2D eigenvalue weighted by atomic mass is 32.2. The molecule has 3 N–H and O–H groups in total. The van der Waals surface area contributed by atoms with Gasteiger partial charge in [-0.1, -0.05) is 36.3 Å². The van der Waals surface area contributed by atoms with E-state index in [1.165, 1.54) is 23.2 Å². The lowest BCUT2D eigenvalue weighted by molar-refractivity contribution is 0.0389. The van der Waals surface area contributed by atoms with Gasteiger partial charge in [0.15, 0.2) is 11.5 Å². The summed E-state index contributed by atoms with van der Waals surface area (Å²) < 4.78 is 39.6. The number of benzene rings is 2. The third-order valence-electron chi connectivity index (χ3n) is 7.04. The van der Waals surface area contributed by atoms with Gasteiger partial charge in [0.2, 0.25) is 10.0 Å². The van der Waals surface area contributed by atoms with Gasteiger partial charge in [-0.05, 0) is 45.0 Å². The minimum absolute atomic E-state index is 0.00968. The van der Waals surface area contributed by atoms with E-state index >= 15 is 0 Å². The lowest BCUT2D eigenvalue weighted by Gasteiger charge is -2.38. The van der Waals surface area contributed by atoms with Crippen molar-refractivity contribution >= 4 is 33.3 Å². The van der Waals surface area contributed by atoms with E-state index in [-0.39, 0.29) is 64.9 Å². The molecule has 3 atom stereocenters. The van der Waals surface area contributed by atoms with Gasteiger partial charge in [-0.25, -0.2) is 13.2 Å². The molecule has 1 aliphatic rings. The van der Waals surface area contributed by atoms with E-state index in [1.807, 2.05) is 13.0 Å². The van der Waals surface area contributed by atoms with Gasteiger partial charge >= 0.3 is 6.03 Å². The number of urea groups is 1. The summed E-state index contributed by atoms with van der Waals surface area (Å²) in [7, 11) is -2.55. The minimum Gasteiger partial charge on any atom is -0.486 e. The summed E-state index contributed by atoms with van der Waals surface area (Å²) in [5.41, 5.74) is 1.23. The third-order valence-corrected chi connectivity index (χ3v) is 9.11. The van der Waals surface area contributed by atoms with E-state index in [0.717, 1.165) is 0 Å². The Balaban J connectivity index is 1.70. The molecule has 2 heterocycles. The molecule has 12 nitrogen and oxygen atoms in total. The molecule has 13 heteroatoms. The number of amides is 3. The van der Waals surface area contributed by atoms with Crippen LogP contribution in [0.3, 0.4) is 0 Å². The number of carbonyl (C=O) groups excluding carboxylic acids is 2. The monoisotopic (exact) mass is 585 g/mol. The average molecular weight is 586 g/mol. The number of hydrogen-bond acceptors (Lipinski definition) is 8. The maximum absolute atomic E-state index is 13.7. The lowest BCUT2D eigenvalue weighted by Crippen LogP contribution is -2.50. The van der Waals surface area contributed by atoms with E-state index < -0.39 is 28.2 Å². The molecule has 41 heavy (non-hydrogen) atoms. The SMILES string of the molecule is Cc1noc(C)c1S(=O)(=O)N(C)C[C@H]1Oc2c(NC(=O)Nc3ccccc3)cccc2C(=O)N([C@H](C)CO)C[C@@H]1C. The van der Waals surface area contributed by atoms with Gasteiger partial charge in [0, 0.05) is 25.2 Å². The number of aryl methyl sites for hydroxylation is 2. The van der Waals surface area contributed by atoms with Crippen LogP contribution >= 0.6 is 0 Å². The number of sulfonamides is 1. The Morgan fingerprint density at radius 1 is 1.17 bits per heavy atom. The highest BCUT2D eigenvalue weighted by Gasteiger charge is 2.37. The number of para-hydroxylation sites is 2. The maximum atomic E-state index is 13.7. The van der Waals surface area contributed by atoms with Gasteiger partial charge in [0.1, 0.15) is 16.7 Å². The van der Waals surface area contributed by atoms with Crippen molar-refractivity contribution in [2.45, 2.75) is 44.7 Å². The summed E-state index contributed by atoms with van der Waals surface area (Å²) in [6.07, 6.45) is -0.740. The fourth-order valence-electron chi connectivity index (χ4n) is 4.72. The highest BCUT2D eigenvalue weighted by molar-refractivity contribution is 7.89. The molecular formula is C28H35N5O7S. The number of hydrogen-bond donors (Lipinski definition) is 3. The Morgan fingerprint density at radius 3 is 2.51 bits per heavy atom. The number of aromatic nitrogens is 1. The summed E-state index contributed by atoms with van der Waals surface area (Å²) in [4.78, 5) is 28.1. The number of fused-ring (bicyclic) bond motifs is 1. The topological polar surface area (TPSA) is 154 Å². The van der Waals surface area contributed by atoms with Crippen molar-refractivity contribution in [3.8, 4) is 5.75 Å². The first-order valence-corrected chi connectivity index (χ1v) is 14.6. The minimum atomic E-state index is -3.99. The zero-order valence-electron chi connectivity index (χ0n) is 23.6. The molecule has 0 bridgehead atoms. The van der Waals surface area contributed by atoms with Crippen LogP contribution in [0.5, 0.6) is 5.75 Å². The van der Waals surface area contributed by atoms with Crippen LogP contribution in [0.15, 0.2) is 57.9 Å². The second-order valence-corrected chi connectivity index (χ2v) is 12.2. The molecule has 220 valence electrons. The number of rotatable bonds is 8. The largest absolute Gasteiger partial charge is 0.486 e. The van der Waals surface area contributed by atoms with E-state index in [9.17, 15) is 23.1 Å². The first-order valence-electron chi connectivity index (χ1n) is 13.2. The van der Waals surface area contributed by atoms with Crippen LogP contribution in [0.1, 0.15) is 35.7 Å². The summed E-state index contributed by atoms with van der Waals surface area (Å²) in [5, 5.41) is 19.2. The number of nitrogens with one attached hydrogen (secondary N) is 2. The normalized spacial score (nSPS) is 18.2. The van der Waals surface area contributed by atoms with Gasteiger partial charge in [-0.15, -0.1) is 0 Å². The van der Waals surface area contributed by atoms with Crippen molar-refractivity contribution in [2.24, 2.45) is 5.92 Å². The zero-order chi connectivity index (χ0) is 29.9. The number of ether oxygens (including phenoxy) is 1. The molecule has 0 aliphatic carbocycles. The Bertz CT molecular complexity index is 1490. The Hall–Kier alpha value is -3.94. The summed E-state index contributed by atoms with van der Waals surface area (Å²) >= 11 is 0. The molecule has 0 saturated heterocycles. The number of carbonyl (C=O) groups is 2. The third kappa shape index (κ3) is 6.37. The van der Waals surface area contributed by atoms with Crippen molar-refractivity contribution in [3.63, 3.8) is 0 Å². The molecule has 2 aromatic carbocycles. The summed E-state index contributed by atoms with van der Waals surface area (Å²) in [6.45, 7) is 6.52. The summed E-state index contributed by atoms with van der Waals surface area (Å²) in [5.74, 6) is -0.461. The van der Waals surface area contributed by atoms with Crippen LogP contribution in [-0.2, 0) is 10.0 Å². The fourth-order valence-corrected chi connectivity index (χ4v) is 6.18. The van der Waals surface area contributed by atoms with E-state index in [1.54, 1.807) is 56.3 Å². The molecule has 1 aliphatic heterocycles. The van der Waals surface area contributed by atoms with E-state index in [2.05, 4.69) is 15.8 Å².